The molecule has 84 valence electrons. The third-order valence-electron chi connectivity index (χ3n) is 2.25. The van der Waals surface area contributed by atoms with Gasteiger partial charge in [-0.15, -0.1) is 0 Å². The van der Waals surface area contributed by atoms with E-state index in [9.17, 15) is 5.11 Å². The Balaban J connectivity index is 2.85. The fourth-order valence-electron chi connectivity index (χ4n) is 0.934. The van der Waals surface area contributed by atoms with Crippen molar-refractivity contribution in [2.75, 3.05) is 5.32 Å². The second kappa shape index (κ2) is 4.84. The van der Waals surface area contributed by atoms with Crippen LogP contribution in [0.3, 0.4) is 0 Å². The number of aromatic nitrogens is 1. The van der Waals surface area contributed by atoms with Gasteiger partial charge in [0.05, 0.1) is 20.9 Å². The van der Waals surface area contributed by atoms with Gasteiger partial charge in [0, 0.05) is 6.20 Å². The van der Waals surface area contributed by atoms with Crippen LogP contribution in [0.5, 0.6) is 0 Å². The minimum Gasteiger partial charge on any atom is -0.388 e. The molecular weight excluding hydrogens is 326 g/mol. The number of hydrogen-bond donors (Lipinski definition) is 2. The Morgan fingerprint density at radius 2 is 2.20 bits per heavy atom. The quantitative estimate of drug-likeness (QED) is 0.657. The highest BCUT2D eigenvalue weighted by molar-refractivity contribution is 14.1. The lowest BCUT2D eigenvalue weighted by molar-refractivity contribution is 0.0649. The van der Waals surface area contributed by atoms with E-state index in [1.165, 1.54) is 0 Å². The van der Waals surface area contributed by atoms with Gasteiger partial charge in [0.25, 0.3) is 0 Å². The summed E-state index contributed by atoms with van der Waals surface area (Å²) >= 11 is 7.97. The molecule has 0 spiro atoms. The van der Waals surface area contributed by atoms with Crippen LogP contribution in [0.25, 0.3) is 0 Å². The van der Waals surface area contributed by atoms with Gasteiger partial charge in [-0.05, 0) is 49.4 Å². The van der Waals surface area contributed by atoms with Crippen molar-refractivity contribution < 1.29 is 5.11 Å². The zero-order valence-electron chi connectivity index (χ0n) is 8.88. The topological polar surface area (TPSA) is 45.2 Å². The third kappa shape index (κ3) is 3.77. The summed E-state index contributed by atoms with van der Waals surface area (Å²) < 4.78 is 0.980. The number of pyridine rings is 1. The first kappa shape index (κ1) is 13.0. The maximum atomic E-state index is 9.79. The van der Waals surface area contributed by atoms with Gasteiger partial charge in [0.2, 0.25) is 0 Å². The predicted molar refractivity (Wildman–Crippen MR) is 71.3 cm³/mol. The van der Waals surface area contributed by atoms with Crippen molar-refractivity contribution in [3.63, 3.8) is 0 Å². The van der Waals surface area contributed by atoms with E-state index in [0.29, 0.717) is 5.15 Å². The smallest absolute Gasteiger partial charge is 0.131 e. The van der Waals surface area contributed by atoms with Gasteiger partial charge >= 0.3 is 0 Å². The van der Waals surface area contributed by atoms with Crippen LogP contribution in [0.4, 0.5) is 5.69 Å². The van der Waals surface area contributed by atoms with Gasteiger partial charge in [-0.25, -0.2) is 4.98 Å². The standard InChI is InChI=1S/C10H14ClIN2O/c1-6(10(2,3)15)14-8-4-9(11)13-5-7(8)12/h4-6,15H,1-3H3,(H,13,14)/t6-/m0/s1. The van der Waals surface area contributed by atoms with E-state index in [0.717, 1.165) is 9.26 Å². The average Bonchev–Trinajstić information content (AvgIpc) is 2.09. The molecule has 0 aliphatic heterocycles. The molecule has 15 heavy (non-hydrogen) atoms. The maximum absolute atomic E-state index is 9.79. The molecule has 1 heterocycles. The second-order valence-electron chi connectivity index (χ2n) is 4.01. The zero-order chi connectivity index (χ0) is 11.6. The van der Waals surface area contributed by atoms with Crippen LogP contribution < -0.4 is 5.32 Å². The summed E-state index contributed by atoms with van der Waals surface area (Å²) in [4.78, 5) is 3.96. The fourth-order valence-corrected chi connectivity index (χ4v) is 1.54. The molecule has 2 N–H and O–H groups in total. The largest absolute Gasteiger partial charge is 0.388 e. The number of aliphatic hydroxyl groups is 1. The summed E-state index contributed by atoms with van der Waals surface area (Å²) in [7, 11) is 0. The van der Waals surface area contributed by atoms with Gasteiger partial charge in [0.15, 0.2) is 0 Å². The van der Waals surface area contributed by atoms with Crippen LogP contribution in [-0.2, 0) is 0 Å². The summed E-state index contributed by atoms with van der Waals surface area (Å²) in [5.74, 6) is 0. The SMILES string of the molecule is C[C@H](Nc1cc(Cl)ncc1I)C(C)(C)O. The molecule has 1 aromatic rings. The second-order valence-corrected chi connectivity index (χ2v) is 5.56. The molecule has 0 aliphatic rings. The predicted octanol–water partition coefficient (Wildman–Crippen LogP) is 2.91. The molecule has 0 saturated carbocycles. The molecule has 0 aromatic carbocycles. The summed E-state index contributed by atoms with van der Waals surface area (Å²) in [6, 6.07) is 1.69. The van der Waals surface area contributed by atoms with Crippen LogP contribution in [0.15, 0.2) is 12.3 Å². The highest BCUT2D eigenvalue weighted by Crippen LogP contribution is 2.23. The number of rotatable bonds is 3. The van der Waals surface area contributed by atoms with Gasteiger partial charge < -0.3 is 10.4 Å². The molecule has 1 aromatic heterocycles. The lowest BCUT2D eigenvalue weighted by atomic mass is 10.0. The van der Waals surface area contributed by atoms with E-state index < -0.39 is 5.60 Å². The maximum Gasteiger partial charge on any atom is 0.131 e. The Morgan fingerprint density at radius 1 is 1.60 bits per heavy atom. The number of hydrogen-bond acceptors (Lipinski definition) is 3. The van der Waals surface area contributed by atoms with Crippen LogP contribution in [0.1, 0.15) is 20.8 Å². The minimum atomic E-state index is -0.779. The first-order valence-corrected chi connectivity index (χ1v) is 6.06. The fraction of sp³-hybridized carbons (Fsp3) is 0.500. The van der Waals surface area contributed by atoms with E-state index >= 15 is 0 Å². The summed E-state index contributed by atoms with van der Waals surface area (Å²) in [6.07, 6.45) is 1.70. The Hall–Kier alpha value is -0.0700. The Kier molecular flexibility index (Phi) is 4.20. The van der Waals surface area contributed by atoms with Gasteiger partial charge in [-0.3, -0.25) is 0 Å². The number of nitrogens with one attached hydrogen (secondary N) is 1. The average molecular weight is 341 g/mol. The van der Waals surface area contributed by atoms with E-state index in [2.05, 4.69) is 32.9 Å². The molecule has 5 heteroatoms. The minimum absolute atomic E-state index is 0.0653. The molecule has 0 radical (unpaired) electrons. The Morgan fingerprint density at radius 3 is 2.73 bits per heavy atom. The van der Waals surface area contributed by atoms with E-state index in [1.54, 1.807) is 26.1 Å². The van der Waals surface area contributed by atoms with Crippen molar-refractivity contribution in [2.24, 2.45) is 0 Å². The number of anilines is 1. The summed E-state index contributed by atoms with van der Waals surface area (Å²) in [5.41, 5.74) is 0.115. The van der Waals surface area contributed by atoms with Crippen molar-refractivity contribution in [3.05, 3.63) is 21.0 Å². The molecule has 0 bridgehead atoms. The first-order chi connectivity index (χ1) is 6.80. The summed E-state index contributed by atoms with van der Waals surface area (Å²) in [5, 5.41) is 13.4. The molecule has 0 aliphatic carbocycles. The molecule has 0 saturated heterocycles. The van der Waals surface area contributed by atoms with Crippen molar-refractivity contribution in [1.82, 2.24) is 4.98 Å². The molecule has 1 atom stereocenters. The lowest BCUT2D eigenvalue weighted by Crippen LogP contribution is -2.39. The summed E-state index contributed by atoms with van der Waals surface area (Å²) in [6.45, 7) is 5.45. The zero-order valence-corrected chi connectivity index (χ0v) is 11.8. The number of halogens is 2. The van der Waals surface area contributed by atoms with E-state index in [-0.39, 0.29) is 6.04 Å². The van der Waals surface area contributed by atoms with Crippen molar-refractivity contribution in [3.8, 4) is 0 Å². The number of nitrogens with zero attached hydrogens (tertiary/aromatic N) is 1. The monoisotopic (exact) mass is 340 g/mol. The van der Waals surface area contributed by atoms with Crippen molar-refractivity contribution in [2.45, 2.75) is 32.4 Å². The van der Waals surface area contributed by atoms with Crippen LogP contribution >= 0.6 is 34.2 Å². The Labute approximate surface area is 108 Å². The van der Waals surface area contributed by atoms with Gasteiger partial charge in [-0.2, -0.15) is 0 Å². The highest BCUT2D eigenvalue weighted by atomic mass is 127. The van der Waals surface area contributed by atoms with Crippen LogP contribution in [0, 0.1) is 3.57 Å². The van der Waals surface area contributed by atoms with Crippen LogP contribution in [0.2, 0.25) is 5.15 Å². The highest BCUT2D eigenvalue weighted by Gasteiger charge is 2.22. The van der Waals surface area contributed by atoms with Gasteiger partial charge in [-0.1, -0.05) is 11.6 Å². The van der Waals surface area contributed by atoms with Crippen molar-refractivity contribution >= 4 is 39.9 Å². The van der Waals surface area contributed by atoms with Crippen LogP contribution in [-0.4, -0.2) is 21.7 Å². The normalized spacial score (nSPS) is 13.7. The van der Waals surface area contributed by atoms with E-state index in [4.69, 9.17) is 11.6 Å². The molecular formula is C10H14ClIN2O. The molecule has 3 nitrogen and oxygen atoms in total. The third-order valence-corrected chi connectivity index (χ3v) is 3.32. The molecule has 0 amide bonds. The molecule has 0 unspecified atom stereocenters. The lowest BCUT2D eigenvalue weighted by Gasteiger charge is -2.28. The first-order valence-electron chi connectivity index (χ1n) is 4.60. The Bertz CT molecular complexity index is 352. The van der Waals surface area contributed by atoms with Gasteiger partial charge in [0.1, 0.15) is 5.15 Å². The van der Waals surface area contributed by atoms with Crippen molar-refractivity contribution in [1.29, 1.82) is 0 Å². The molecule has 1 rings (SSSR count). The van der Waals surface area contributed by atoms with E-state index in [1.807, 2.05) is 6.92 Å². The molecule has 0 fully saturated rings.